The first-order chi connectivity index (χ1) is 4.58. The minimum absolute atomic E-state index is 0.0735. The molecule has 1 nitrogen and oxygen atoms in total. The fourth-order valence-electron chi connectivity index (χ4n) is 1.42. The number of hydrogen-bond donors (Lipinski definition) is 0. The lowest BCUT2D eigenvalue weighted by molar-refractivity contribution is 0.0127. The van der Waals surface area contributed by atoms with Gasteiger partial charge in [0.1, 0.15) is 5.60 Å². The lowest BCUT2D eigenvalue weighted by atomic mass is 9.90. The zero-order valence-corrected chi connectivity index (χ0v) is 7.27. The molecule has 0 fully saturated rings. The first-order valence-electron chi connectivity index (χ1n) is 3.96. The van der Waals surface area contributed by atoms with Gasteiger partial charge < -0.3 is 4.74 Å². The molecule has 0 saturated carbocycles. The highest BCUT2D eigenvalue weighted by molar-refractivity contribution is 5.07. The molecule has 0 N–H and O–H groups in total. The number of hydrogen-bond acceptors (Lipinski definition) is 1. The van der Waals surface area contributed by atoms with Gasteiger partial charge in [0.05, 0.1) is 5.76 Å². The van der Waals surface area contributed by atoms with Crippen LogP contribution in [0.4, 0.5) is 0 Å². The summed E-state index contributed by atoms with van der Waals surface area (Å²) in [4.78, 5) is 0. The Morgan fingerprint density at radius 1 is 1.70 bits per heavy atom. The summed E-state index contributed by atoms with van der Waals surface area (Å²) in [5.74, 6) is 1.65. The smallest absolute Gasteiger partial charge is 0.112 e. The zero-order valence-electron chi connectivity index (χ0n) is 7.27. The summed E-state index contributed by atoms with van der Waals surface area (Å²) in [6, 6.07) is 0. The Labute approximate surface area is 63.1 Å². The van der Waals surface area contributed by atoms with Crippen LogP contribution >= 0.6 is 0 Å². The van der Waals surface area contributed by atoms with Gasteiger partial charge in [0.25, 0.3) is 0 Å². The average molecular weight is 140 g/mol. The summed E-state index contributed by atoms with van der Waals surface area (Å²) in [6.07, 6.45) is 3.28. The highest BCUT2D eigenvalue weighted by atomic mass is 16.5. The van der Waals surface area contributed by atoms with Gasteiger partial charge in [-0.15, -0.1) is 0 Å². The molecule has 1 heterocycles. The number of allylic oxidation sites excluding steroid dienone is 1. The SMILES string of the molecule is CCC1(C)OC(C)=CC1C. The van der Waals surface area contributed by atoms with Gasteiger partial charge in [-0.2, -0.15) is 0 Å². The largest absolute Gasteiger partial charge is 0.492 e. The van der Waals surface area contributed by atoms with Crippen LogP contribution < -0.4 is 0 Å². The molecule has 1 heteroatoms. The Balaban J connectivity index is 2.70. The van der Waals surface area contributed by atoms with Crippen molar-refractivity contribution < 1.29 is 4.74 Å². The maximum Gasteiger partial charge on any atom is 0.112 e. The predicted molar refractivity (Wildman–Crippen MR) is 42.7 cm³/mol. The molecule has 2 unspecified atom stereocenters. The van der Waals surface area contributed by atoms with E-state index in [4.69, 9.17) is 4.74 Å². The summed E-state index contributed by atoms with van der Waals surface area (Å²) in [5.41, 5.74) is 0.0735. The summed E-state index contributed by atoms with van der Waals surface area (Å²) in [5, 5.41) is 0. The van der Waals surface area contributed by atoms with Crippen molar-refractivity contribution in [2.75, 3.05) is 0 Å². The van der Waals surface area contributed by atoms with Crippen molar-refractivity contribution in [1.82, 2.24) is 0 Å². The predicted octanol–water partition coefficient (Wildman–Crippen LogP) is 2.73. The monoisotopic (exact) mass is 140 g/mol. The third-order valence-electron chi connectivity index (χ3n) is 2.54. The number of rotatable bonds is 1. The molecular weight excluding hydrogens is 124 g/mol. The van der Waals surface area contributed by atoms with E-state index >= 15 is 0 Å². The van der Waals surface area contributed by atoms with Crippen LogP contribution in [0.1, 0.15) is 34.1 Å². The lowest BCUT2D eigenvalue weighted by Gasteiger charge is -2.27. The second-order valence-corrected chi connectivity index (χ2v) is 3.33. The van der Waals surface area contributed by atoms with Gasteiger partial charge in [0.15, 0.2) is 0 Å². The van der Waals surface area contributed by atoms with Crippen LogP contribution in [0.2, 0.25) is 0 Å². The highest BCUT2D eigenvalue weighted by Gasteiger charge is 2.34. The molecule has 0 aromatic carbocycles. The first kappa shape index (κ1) is 7.64. The van der Waals surface area contributed by atoms with Gasteiger partial charge in [-0.25, -0.2) is 0 Å². The molecular formula is C9H16O. The van der Waals surface area contributed by atoms with Gasteiger partial charge >= 0.3 is 0 Å². The Hall–Kier alpha value is -0.460. The molecule has 0 spiro atoms. The third-order valence-corrected chi connectivity index (χ3v) is 2.54. The number of ether oxygens (including phenoxy) is 1. The quantitative estimate of drug-likeness (QED) is 0.544. The van der Waals surface area contributed by atoms with Crippen LogP contribution in [0.3, 0.4) is 0 Å². The summed E-state index contributed by atoms with van der Waals surface area (Å²) in [6.45, 7) is 8.57. The van der Waals surface area contributed by atoms with E-state index in [0.717, 1.165) is 12.2 Å². The Bertz CT molecular complexity index is 160. The van der Waals surface area contributed by atoms with Crippen molar-refractivity contribution in [3.05, 3.63) is 11.8 Å². The topological polar surface area (TPSA) is 9.23 Å². The molecule has 0 saturated heterocycles. The molecule has 58 valence electrons. The molecule has 2 atom stereocenters. The average Bonchev–Trinajstić information content (AvgIpc) is 2.09. The summed E-state index contributed by atoms with van der Waals surface area (Å²) < 4.78 is 5.67. The van der Waals surface area contributed by atoms with Crippen LogP contribution in [-0.4, -0.2) is 5.60 Å². The normalized spacial score (nSPS) is 39.2. The van der Waals surface area contributed by atoms with Crippen LogP contribution in [0.5, 0.6) is 0 Å². The molecule has 0 aliphatic carbocycles. The van der Waals surface area contributed by atoms with Crippen molar-refractivity contribution in [2.24, 2.45) is 5.92 Å². The van der Waals surface area contributed by atoms with Crippen molar-refractivity contribution in [3.63, 3.8) is 0 Å². The van der Waals surface area contributed by atoms with Gasteiger partial charge in [-0.1, -0.05) is 13.8 Å². The van der Waals surface area contributed by atoms with E-state index in [9.17, 15) is 0 Å². The Morgan fingerprint density at radius 3 is 2.50 bits per heavy atom. The van der Waals surface area contributed by atoms with Crippen molar-refractivity contribution in [2.45, 2.75) is 39.7 Å². The van der Waals surface area contributed by atoms with E-state index in [1.165, 1.54) is 0 Å². The van der Waals surface area contributed by atoms with E-state index in [0.29, 0.717) is 5.92 Å². The molecule has 0 aromatic heterocycles. The summed E-state index contributed by atoms with van der Waals surface area (Å²) in [7, 11) is 0. The van der Waals surface area contributed by atoms with Crippen molar-refractivity contribution in [3.8, 4) is 0 Å². The minimum Gasteiger partial charge on any atom is -0.492 e. The highest BCUT2D eigenvalue weighted by Crippen LogP contribution is 2.35. The minimum atomic E-state index is 0.0735. The van der Waals surface area contributed by atoms with Gasteiger partial charge in [0, 0.05) is 5.92 Å². The molecule has 0 aromatic rings. The van der Waals surface area contributed by atoms with E-state index in [1.54, 1.807) is 0 Å². The van der Waals surface area contributed by atoms with Crippen LogP contribution in [0, 0.1) is 5.92 Å². The van der Waals surface area contributed by atoms with Gasteiger partial charge in [-0.05, 0) is 26.3 Å². The molecule has 10 heavy (non-hydrogen) atoms. The Kier molecular flexibility index (Phi) is 1.76. The molecule has 0 amide bonds. The van der Waals surface area contributed by atoms with Gasteiger partial charge in [-0.3, -0.25) is 0 Å². The fourth-order valence-corrected chi connectivity index (χ4v) is 1.42. The fraction of sp³-hybridized carbons (Fsp3) is 0.778. The van der Waals surface area contributed by atoms with Gasteiger partial charge in [0.2, 0.25) is 0 Å². The van der Waals surface area contributed by atoms with E-state index in [2.05, 4.69) is 26.8 Å². The second-order valence-electron chi connectivity index (χ2n) is 3.33. The molecule has 0 radical (unpaired) electrons. The maximum atomic E-state index is 5.67. The summed E-state index contributed by atoms with van der Waals surface area (Å²) >= 11 is 0. The van der Waals surface area contributed by atoms with Crippen LogP contribution in [-0.2, 0) is 4.74 Å². The second kappa shape index (κ2) is 2.30. The first-order valence-corrected chi connectivity index (χ1v) is 3.96. The zero-order chi connectivity index (χ0) is 7.78. The molecule has 0 bridgehead atoms. The van der Waals surface area contributed by atoms with Crippen molar-refractivity contribution >= 4 is 0 Å². The van der Waals surface area contributed by atoms with Crippen LogP contribution in [0.25, 0.3) is 0 Å². The van der Waals surface area contributed by atoms with E-state index in [1.807, 2.05) is 6.92 Å². The van der Waals surface area contributed by atoms with E-state index < -0.39 is 0 Å². The molecule has 1 aliphatic heterocycles. The Morgan fingerprint density at radius 2 is 2.30 bits per heavy atom. The van der Waals surface area contributed by atoms with Crippen molar-refractivity contribution in [1.29, 1.82) is 0 Å². The standard InChI is InChI=1S/C9H16O/c1-5-9(4)7(2)6-8(3)10-9/h6-7H,5H2,1-4H3. The van der Waals surface area contributed by atoms with E-state index in [-0.39, 0.29) is 5.60 Å². The maximum absolute atomic E-state index is 5.67. The third kappa shape index (κ3) is 1.05. The lowest BCUT2D eigenvalue weighted by Crippen LogP contribution is -2.29. The molecule has 1 rings (SSSR count). The molecule has 1 aliphatic rings. The van der Waals surface area contributed by atoms with Crippen LogP contribution in [0.15, 0.2) is 11.8 Å².